The normalized spacial score (nSPS) is 11.9. The number of amides is 1. The molecule has 2 aromatic carbocycles. The minimum Gasteiger partial charge on any atom is -0.496 e. The van der Waals surface area contributed by atoms with Crippen LogP contribution in [0.4, 0.5) is 23.7 Å². The van der Waals surface area contributed by atoms with Gasteiger partial charge < -0.3 is 9.47 Å². The van der Waals surface area contributed by atoms with Crippen molar-refractivity contribution < 1.29 is 27.4 Å². The van der Waals surface area contributed by atoms with E-state index in [1.54, 1.807) is 65.3 Å². The molecule has 1 amide bonds. The highest BCUT2D eigenvalue weighted by Gasteiger charge is 2.31. The number of aromatic nitrogens is 1. The van der Waals surface area contributed by atoms with Gasteiger partial charge in [0.2, 0.25) is 0 Å². The zero-order chi connectivity index (χ0) is 27.7. The average molecular weight is 515 g/mol. The van der Waals surface area contributed by atoms with Gasteiger partial charge in [-0.15, -0.1) is 0 Å². The van der Waals surface area contributed by atoms with E-state index in [-0.39, 0.29) is 6.54 Å². The summed E-state index contributed by atoms with van der Waals surface area (Å²) in [5, 5.41) is 0. The van der Waals surface area contributed by atoms with Gasteiger partial charge in [-0.2, -0.15) is 13.2 Å². The molecule has 0 bridgehead atoms. The summed E-state index contributed by atoms with van der Waals surface area (Å²) in [7, 11) is 1.58. The van der Waals surface area contributed by atoms with Crippen molar-refractivity contribution in [3.8, 4) is 16.9 Å². The van der Waals surface area contributed by atoms with Gasteiger partial charge in [-0.05, 0) is 95.0 Å². The summed E-state index contributed by atoms with van der Waals surface area (Å²) < 4.78 is 51.7. The minimum atomic E-state index is -4.47. The molecular formula is C29H33F3N2O3. The van der Waals surface area contributed by atoms with E-state index in [1.807, 2.05) is 20.8 Å². The van der Waals surface area contributed by atoms with E-state index >= 15 is 0 Å². The second-order valence-corrected chi connectivity index (χ2v) is 10.3. The van der Waals surface area contributed by atoms with Crippen LogP contribution in [-0.4, -0.2) is 23.8 Å². The van der Waals surface area contributed by atoms with Crippen molar-refractivity contribution in [3.63, 3.8) is 0 Å². The predicted octanol–water partition coefficient (Wildman–Crippen LogP) is 7.95. The number of methoxy groups -OCH3 is 1. The number of aryl methyl sites for hydroxylation is 3. The number of rotatable bonds is 5. The van der Waals surface area contributed by atoms with Crippen molar-refractivity contribution in [2.75, 3.05) is 12.0 Å². The van der Waals surface area contributed by atoms with Gasteiger partial charge in [0.1, 0.15) is 11.4 Å². The molecule has 0 spiro atoms. The van der Waals surface area contributed by atoms with Gasteiger partial charge in [0.05, 0.1) is 24.9 Å². The number of benzene rings is 2. The van der Waals surface area contributed by atoms with Crippen LogP contribution in [0.15, 0.2) is 42.6 Å². The Morgan fingerprint density at radius 3 is 2.08 bits per heavy atom. The van der Waals surface area contributed by atoms with Gasteiger partial charge in [0.15, 0.2) is 0 Å². The molecule has 0 saturated carbocycles. The van der Waals surface area contributed by atoms with Gasteiger partial charge in [-0.25, -0.2) is 4.79 Å². The fraction of sp³-hybridized carbons (Fsp3) is 0.379. The smallest absolute Gasteiger partial charge is 0.416 e. The molecule has 0 aliphatic heterocycles. The summed E-state index contributed by atoms with van der Waals surface area (Å²) in [6.45, 7) is 12.6. The number of ether oxygens (including phenoxy) is 2. The molecule has 0 saturated heterocycles. The summed E-state index contributed by atoms with van der Waals surface area (Å²) in [6.07, 6.45) is -3.38. The van der Waals surface area contributed by atoms with Gasteiger partial charge in [-0.3, -0.25) is 9.88 Å². The molecule has 8 heteroatoms. The molecule has 198 valence electrons. The molecule has 0 radical (unpaired) electrons. The molecule has 0 N–H and O–H groups in total. The Balaban J connectivity index is 2.15. The van der Waals surface area contributed by atoms with Crippen LogP contribution in [0.2, 0.25) is 0 Å². The third-order valence-corrected chi connectivity index (χ3v) is 5.78. The lowest BCUT2D eigenvalue weighted by molar-refractivity contribution is -0.137. The number of hydrogen-bond acceptors (Lipinski definition) is 4. The number of carbonyl (C=O) groups excluding carboxylic acids is 1. The van der Waals surface area contributed by atoms with Crippen LogP contribution in [-0.2, 0) is 17.5 Å². The maximum atomic E-state index is 13.5. The number of pyridine rings is 1. The zero-order valence-corrected chi connectivity index (χ0v) is 22.5. The fourth-order valence-electron chi connectivity index (χ4n) is 4.16. The predicted molar refractivity (Wildman–Crippen MR) is 139 cm³/mol. The van der Waals surface area contributed by atoms with E-state index in [4.69, 9.17) is 9.47 Å². The molecule has 37 heavy (non-hydrogen) atoms. The lowest BCUT2D eigenvalue weighted by atomic mass is 9.98. The van der Waals surface area contributed by atoms with Crippen molar-refractivity contribution in [2.45, 2.75) is 66.8 Å². The lowest BCUT2D eigenvalue weighted by Crippen LogP contribution is -2.37. The molecule has 1 aromatic heterocycles. The van der Waals surface area contributed by atoms with E-state index < -0.39 is 23.4 Å². The Kier molecular flexibility index (Phi) is 7.91. The summed E-state index contributed by atoms with van der Waals surface area (Å²) in [4.78, 5) is 19.4. The van der Waals surface area contributed by atoms with Gasteiger partial charge >= 0.3 is 12.3 Å². The van der Waals surface area contributed by atoms with Crippen LogP contribution in [0.3, 0.4) is 0 Å². The highest BCUT2D eigenvalue weighted by Crippen LogP contribution is 2.35. The molecular weight excluding hydrogens is 481 g/mol. The molecule has 0 aliphatic rings. The average Bonchev–Trinajstić information content (AvgIpc) is 2.76. The van der Waals surface area contributed by atoms with Crippen molar-refractivity contribution in [3.05, 3.63) is 76.1 Å². The Hall–Kier alpha value is -3.55. The summed E-state index contributed by atoms with van der Waals surface area (Å²) in [5.74, 6) is 0.679. The number of carbonyl (C=O) groups is 1. The molecule has 5 nitrogen and oxygen atoms in total. The SMILES string of the molecule is COc1c(C)cnc(CN(C(=O)OC(C)(C)C)c2cc(C)cc(-c3cc(C)cc(C(F)(F)F)c3)c2)c1C. The van der Waals surface area contributed by atoms with Crippen molar-refractivity contribution >= 4 is 11.8 Å². The van der Waals surface area contributed by atoms with Gasteiger partial charge in [0, 0.05) is 23.0 Å². The molecule has 0 fully saturated rings. The lowest BCUT2D eigenvalue weighted by Gasteiger charge is -2.28. The van der Waals surface area contributed by atoms with Gasteiger partial charge in [-0.1, -0.05) is 12.1 Å². The van der Waals surface area contributed by atoms with E-state index in [0.717, 1.165) is 28.8 Å². The van der Waals surface area contributed by atoms with Crippen molar-refractivity contribution in [1.29, 1.82) is 0 Å². The summed E-state index contributed by atoms with van der Waals surface area (Å²) in [6, 6.07) is 9.24. The number of halogens is 3. The molecule has 0 atom stereocenters. The third-order valence-electron chi connectivity index (χ3n) is 5.78. The first-order chi connectivity index (χ1) is 17.1. The summed E-state index contributed by atoms with van der Waals surface area (Å²) >= 11 is 0. The number of alkyl halides is 3. The monoisotopic (exact) mass is 514 g/mol. The molecule has 0 aliphatic carbocycles. The maximum Gasteiger partial charge on any atom is 0.416 e. The van der Waals surface area contributed by atoms with Gasteiger partial charge in [0.25, 0.3) is 0 Å². The van der Waals surface area contributed by atoms with E-state index in [2.05, 4.69) is 4.98 Å². The van der Waals surface area contributed by atoms with Crippen LogP contribution < -0.4 is 9.64 Å². The Morgan fingerprint density at radius 1 is 0.919 bits per heavy atom. The second kappa shape index (κ2) is 10.4. The number of hydrogen-bond donors (Lipinski definition) is 0. The quantitative estimate of drug-likeness (QED) is 0.347. The topological polar surface area (TPSA) is 51.7 Å². The molecule has 3 rings (SSSR count). The van der Waals surface area contributed by atoms with E-state index in [1.165, 1.54) is 4.90 Å². The zero-order valence-electron chi connectivity index (χ0n) is 22.5. The van der Waals surface area contributed by atoms with Crippen molar-refractivity contribution in [1.82, 2.24) is 4.98 Å². The first kappa shape index (κ1) is 28.0. The second-order valence-electron chi connectivity index (χ2n) is 10.3. The molecule has 0 unspecified atom stereocenters. The summed E-state index contributed by atoms with van der Waals surface area (Å²) in [5.41, 5.74) is 3.52. The van der Waals surface area contributed by atoms with Crippen LogP contribution in [0.25, 0.3) is 11.1 Å². The first-order valence-corrected chi connectivity index (χ1v) is 11.9. The number of anilines is 1. The van der Waals surface area contributed by atoms with Crippen molar-refractivity contribution in [2.24, 2.45) is 0 Å². The first-order valence-electron chi connectivity index (χ1n) is 11.9. The highest BCUT2D eigenvalue weighted by molar-refractivity contribution is 5.89. The highest BCUT2D eigenvalue weighted by atomic mass is 19.4. The maximum absolute atomic E-state index is 13.5. The minimum absolute atomic E-state index is 0.0852. The Labute approximate surface area is 216 Å². The van der Waals surface area contributed by atoms with Crippen LogP contribution >= 0.6 is 0 Å². The van der Waals surface area contributed by atoms with E-state index in [9.17, 15) is 18.0 Å². The van der Waals surface area contributed by atoms with Crippen LogP contribution in [0.1, 0.15) is 54.3 Å². The number of nitrogens with zero attached hydrogens (tertiary/aromatic N) is 2. The van der Waals surface area contributed by atoms with Crippen LogP contribution in [0, 0.1) is 27.7 Å². The Morgan fingerprint density at radius 2 is 1.51 bits per heavy atom. The molecule has 1 heterocycles. The fourth-order valence-corrected chi connectivity index (χ4v) is 4.16. The van der Waals surface area contributed by atoms with Crippen LogP contribution in [0.5, 0.6) is 5.75 Å². The standard InChI is InChI=1S/C29H33F3N2O3/c1-17-9-21(13-23(11-17)29(30,31)32)22-10-18(2)12-24(14-22)34(27(35)37-28(5,6)7)16-25-20(4)26(36-8)19(3)15-33-25/h9-15H,16H2,1-8H3. The largest absolute Gasteiger partial charge is 0.496 e. The Bertz CT molecular complexity index is 1310. The molecule has 3 aromatic rings. The van der Waals surface area contributed by atoms with E-state index in [0.29, 0.717) is 33.8 Å². The third kappa shape index (κ3) is 6.81.